The molecule has 0 aliphatic heterocycles. The Balaban J connectivity index is 2.09. The van der Waals surface area contributed by atoms with Gasteiger partial charge in [0.25, 0.3) is 0 Å². The third-order valence-electron chi connectivity index (χ3n) is 2.65. The van der Waals surface area contributed by atoms with Crippen LogP contribution in [0, 0.1) is 5.92 Å². The quantitative estimate of drug-likeness (QED) is 0.770. The molecule has 0 aromatic heterocycles. The van der Waals surface area contributed by atoms with Crippen molar-refractivity contribution in [1.29, 1.82) is 0 Å². The first-order valence-corrected chi connectivity index (χ1v) is 5.98. The Morgan fingerprint density at radius 1 is 1.44 bits per heavy atom. The number of ether oxygens (including phenoxy) is 1. The zero-order valence-electron chi connectivity index (χ0n) is 10.1. The Morgan fingerprint density at radius 2 is 2.06 bits per heavy atom. The lowest BCUT2D eigenvalue weighted by Gasteiger charge is -2.21. The van der Waals surface area contributed by atoms with Crippen molar-refractivity contribution in [2.24, 2.45) is 5.92 Å². The van der Waals surface area contributed by atoms with Crippen LogP contribution in [0.1, 0.15) is 39.5 Å². The van der Waals surface area contributed by atoms with Gasteiger partial charge in [0.05, 0.1) is 6.10 Å². The number of nitrogens with one attached hydrogen (secondary N) is 1. The van der Waals surface area contributed by atoms with Gasteiger partial charge < -0.3 is 10.1 Å². The SMILES string of the molecule is CC(C)CNC(=O)COC1CCC(=O)CC1. The molecule has 0 bridgehead atoms. The highest BCUT2D eigenvalue weighted by Crippen LogP contribution is 2.17. The summed E-state index contributed by atoms with van der Waals surface area (Å²) in [5, 5.41) is 2.80. The molecule has 1 fully saturated rings. The lowest BCUT2D eigenvalue weighted by Crippen LogP contribution is -2.33. The summed E-state index contributed by atoms with van der Waals surface area (Å²) in [7, 11) is 0. The van der Waals surface area contributed by atoms with Gasteiger partial charge in [-0.1, -0.05) is 13.8 Å². The summed E-state index contributed by atoms with van der Waals surface area (Å²) in [6, 6.07) is 0. The molecular formula is C12H21NO3. The molecular weight excluding hydrogens is 206 g/mol. The predicted molar refractivity (Wildman–Crippen MR) is 61.1 cm³/mol. The van der Waals surface area contributed by atoms with E-state index < -0.39 is 0 Å². The fourth-order valence-electron chi connectivity index (χ4n) is 1.64. The van der Waals surface area contributed by atoms with E-state index in [9.17, 15) is 9.59 Å². The summed E-state index contributed by atoms with van der Waals surface area (Å²) in [6.45, 7) is 4.90. The standard InChI is InChI=1S/C12H21NO3/c1-9(2)7-13-12(15)8-16-11-5-3-10(14)4-6-11/h9,11H,3-8H2,1-2H3,(H,13,15). The van der Waals surface area contributed by atoms with Crippen molar-refractivity contribution in [2.45, 2.75) is 45.6 Å². The van der Waals surface area contributed by atoms with Crippen LogP contribution in [0.3, 0.4) is 0 Å². The Kier molecular flexibility index (Phi) is 5.46. The molecule has 0 heterocycles. The Bertz CT molecular complexity index is 241. The average molecular weight is 227 g/mol. The molecule has 1 aliphatic carbocycles. The third-order valence-corrected chi connectivity index (χ3v) is 2.65. The third kappa shape index (κ3) is 5.26. The summed E-state index contributed by atoms with van der Waals surface area (Å²) in [5.41, 5.74) is 0. The van der Waals surface area contributed by atoms with Crippen LogP contribution < -0.4 is 5.32 Å². The topological polar surface area (TPSA) is 55.4 Å². The summed E-state index contributed by atoms with van der Waals surface area (Å²) in [4.78, 5) is 22.3. The summed E-state index contributed by atoms with van der Waals surface area (Å²) >= 11 is 0. The first-order valence-electron chi connectivity index (χ1n) is 5.98. The zero-order chi connectivity index (χ0) is 12.0. The largest absolute Gasteiger partial charge is 0.368 e. The van der Waals surface area contributed by atoms with Crippen molar-refractivity contribution < 1.29 is 14.3 Å². The van der Waals surface area contributed by atoms with Gasteiger partial charge in [-0.3, -0.25) is 9.59 Å². The minimum absolute atomic E-state index is 0.0643. The molecule has 1 N–H and O–H groups in total. The van der Waals surface area contributed by atoms with Gasteiger partial charge in [0, 0.05) is 19.4 Å². The molecule has 0 aromatic carbocycles. The van der Waals surface area contributed by atoms with E-state index in [0.29, 0.717) is 31.1 Å². The van der Waals surface area contributed by atoms with Gasteiger partial charge in [-0.05, 0) is 18.8 Å². The van der Waals surface area contributed by atoms with Crippen molar-refractivity contribution in [3.8, 4) is 0 Å². The van der Waals surface area contributed by atoms with Crippen LogP contribution in [0.4, 0.5) is 0 Å². The Hall–Kier alpha value is -0.900. The van der Waals surface area contributed by atoms with Crippen molar-refractivity contribution >= 4 is 11.7 Å². The molecule has 1 rings (SSSR count). The van der Waals surface area contributed by atoms with Gasteiger partial charge in [0.15, 0.2) is 0 Å². The van der Waals surface area contributed by atoms with E-state index in [0.717, 1.165) is 12.8 Å². The maximum absolute atomic E-state index is 11.4. The Labute approximate surface area is 96.7 Å². The van der Waals surface area contributed by atoms with Gasteiger partial charge in [0.1, 0.15) is 12.4 Å². The van der Waals surface area contributed by atoms with Crippen LogP contribution in [-0.4, -0.2) is 30.9 Å². The van der Waals surface area contributed by atoms with Gasteiger partial charge >= 0.3 is 0 Å². The van der Waals surface area contributed by atoms with Crippen LogP contribution in [0.2, 0.25) is 0 Å². The molecule has 92 valence electrons. The molecule has 0 radical (unpaired) electrons. The van der Waals surface area contributed by atoms with Gasteiger partial charge in [-0.15, -0.1) is 0 Å². The second kappa shape index (κ2) is 6.63. The van der Waals surface area contributed by atoms with E-state index in [1.165, 1.54) is 0 Å². The highest BCUT2D eigenvalue weighted by Gasteiger charge is 2.19. The minimum Gasteiger partial charge on any atom is -0.368 e. The number of amides is 1. The second-order valence-electron chi connectivity index (χ2n) is 4.75. The highest BCUT2D eigenvalue weighted by atomic mass is 16.5. The normalized spacial score (nSPS) is 17.8. The molecule has 0 aromatic rings. The van der Waals surface area contributed by atoms with Crippen molar-refractivity contribution in [3.63, 3.8) is 0 Å². The van der Waals surface area contributed by atoms with Crippen LogP contribution in [0.25, 0.3) is 0 Å². The molecule has 4 nitrogen and oxygen atoms in total. The number of hydrogen-bond acceptors (Lipinski definition) is 3. The number of rotatable bonds is 5. The van der Waals surface area contributed by atoms with E-state index in [4.69, 9.17) is 4.74 Å². The molecule has 0 saturated heterocycles. The van der Waals surface area contributed by atoms with Gasteiger partial charge in [-0.25, -0.2) is 0 Å². The summed E-state index contributed by atoms with van der Waals surface area (Å²) in [6.07, 6.45) is 2.80. The summed E-state index contributed by atoms with van der Waals surface area (Å²) in [5.74, 6) is 0.700. The average Bonchev–Trinajstić information content (AvgIpc) is 2.25. The molecule has 0 unspecified atom stereocenters. The molecule has 4 heteroatoms. The van der Waals surface area contributed by atoms with Crippen molar-refractivity contribution in [1.82, 2.24) is 5.32 Å². The van der Waals surface area contributed by atoms with Crippen LogP contribution >= 0.6 is 0 Å². The van der Waals surface area contributed by atoms with E-state index in [1.807, 2.05) is 13.8 Å². The maximum atomic E-state index is 11.4. The van der Waals surface area contributed by atoms with Crippen LogP contribution in [0.15, 0.2) is 0 Å². The van der Waals surface area contributed by atoms with Crippen molar-refractivity contribution in [2.75, 3.05) is 13.2 Å². The molecule has 0 spiro atoms. The molecule has 16 heavy (non-hydrogen) atoms. The van der Waals surface area contributed by atoms with E-state index in [1.54, 1.807) is 0 Å². The molecule has 1 aliphatic rings. The lowest BCUT2D eigenvalue weighted by atomic mass is 9.96. The smallest absolute Gasteiger partial charge is 0.246 e. The van der Waals surface area contributed by atoms with Crippen molar-refractivity contribution in [3.05, 3.63) is 0 Å². The highest BCUT2D eigenvalue weighted by molar-refractivity contribution is 5.79. The molecule has 0 atom stereocenters. The second-order valence-corrected chi connectivity index (χ2v) is 4.75. The number of carbonyl (C=O) groups excluding carboxylic acids is 2. The van der Waals surface area contributed by atoms with E-state index in [-0.39, 0.29) is 18.6 Å². The molecule has 1 amide bonds. The zero-order valence-corrected chi connectivity index (χ0v) is 10.1. The number of Topliss-reactive ketones (excluding diaryl/α,β-unsaturated/α-hetero) is 1. The number of carbonyl (C=O) groups is 2. The molecule has 1 saturated carbocycles. The van der Waals surface area contributed by atoms with Crippen LogP contribution in [-0.2, 0) is 14.3 Å². The monoisotopic (exact) mass is 227 g/mol. The Morgan fingerprint density at radius 3 is 2.62 bits per heavy atom. The summed E-state index contributed by atoms with van der Waals surface area (Å²) < 4.78 is 5.46. The number of ketones is 1. The first-order chi connectivity index (χ1) is 7.58. The lowest BCUT2D eigenvalue weighted by molar-refractivity contribution is -0.130. The van der Waals surface area contributed by atoms with E-state index in [2.05, 4.69) is 5.32 Å². The first kappa shape index (κ1) is 13.2. The fraction of sp³-hybridized carbons (Fsp3) is 0.833. The van der Waals surface area contributed by atoms with Crippen LogP contribution in [0.5, 0.6) is 0 Å². The van der Waals surface area contributed by atoms with Gasteiger partial charge in [-0.2, -0.15) is 0 Å². The number of hydrogen-bond donors (Lipinski definition) is 1. The minimum atomic E-state index is -0.0643. The fourth-order valence-corrected chi connectivity index (χ4v) is 1.64. The van der Waals surface area contributed by atoms with E-state index >= 15 is 0 Å². The predicted octanol–water partition coefficient (Wildman–Crippen LogP) is 1.29. The maximum Gasteiger partial charge on any atom is 0.246 e. The van der Waals surface area contributed by atoms with Gasteiger partial charge in [0.2, 0.25) is 5.91 Å².